The molecule has 1 aliphatic rings. The summed E-state index contributed by atoms with van der Waals surface area (Å²) >= 11 is 0. The molecule has 0 unspecified atom stereocenters. The molecule has 0 saturated carbocycles. The van der Waals surface area contributed by atoms with Crippen LogP contribution in [-0.2, 0) is 17.9 Å². The van der Waals surface area contributed by atoms with Crippen LogP contribution in [0, 0.1) is 12.7 Å². The molecule has 1 saturated heterocycles. The molecule has 2 aromatic rings. The molecule has 0 amide bonds. The largest absolute Gasteiger partial charge is 0.494 e. The Labute approximate surface area is 148 Å². The van der Waals surface area contributed by atoms with Gasteiger partial charge in [0.05, 0.1) is 25.5 Å². The van der Waals surface area contributed by atoms with Crippen LogP contribution in [0.15, 0.2) is 36.4 Å². The van der Waals surface area contributed by atoms with Crippen LogP contribution in [0.1, 0.15) is 29.8 Å². The predicted molar refractivity (Wildman–Crippen MR) is 95.0 cm³/mol. The first-order chi connectivity index (χ1) is 12.1. The van der Waals surface area contributed by atoms with Gasteiger partial charge in [-0.25, -0.2) is 4.39 Å². The molecular formula is C20H25FN2O2. The van der Waals surface area contributed by atoms with Gasteiger partial charge in [0.25, 0.3) is 0 Å². The molecule has 1 aromatic carbocycles. The highest BCUT2D eigenvalue weighted by Gasteiger charge is 2.21. The summed E-state index contributed by atoms with van der Waals surface area (Å²) in [6.07, 6.45) is 2.34. The van der Waals surface area contributed by atoms with E-state index in [4.69, 9.17) is 9.47 Å². The topological polar surface area (TPSA) is 34.6 Å². The molecule has 0 bridgehead atoms. The molecule has 3 rings (SSSR count). The average molecular weight is 344 g/mol. The average Bonchev–Trinajstić information content (AvgIpc) is 2.61. The predicted octanol–water partition coefficient (Wildman–Crippen LogP) is 3.72. The fourth-order valence-electron chi connectivity index (χ4n) is 3.24. The van der Waals surface area contributed by atoms with Crippen LogP contribution in [0.5, 0.6) is 5.75 Å². The summed E-state index contributed by atoms with van der Waals surface area (Å²) in [6, 6.07) is 11.1. The number of rotatable bonds is 6. The van der Waals surface area contributed by atoms with Gasteiger partial charge in [-0.15, -0.1) is 0 Å². The highest BCUT2D eigenvalue weighted by atomic mass is 19.1. The van der Waals surface area contributed by atoms with E-state index in [9.17, 15) is 4.39 Å². The molecule has 5 heteroatoms. The van der Waals surface area contributed by atoms with Crippen molar-refractivity contribution in [3.8, 4) is 5.75 Å². The van der Waals surface area contributed by atoms with E-state index < -0.39 is 0 Å². The van der Waals surface area contributed by atoms with Crippen LogP contribution >= 0.6 is 0 Å². The number of benzene rings is 1. The third kappa shape index (κ3) is 5.00. The Kier molecular flexibility index (Phi) is 6.00. The zero-order chi connectivity index (χ0) is 17.6. The Balaban J connectivity index is 1.53. The van der Waals surface area contributed by atoms with Gasteiger partial charge in [-0.2, -0.15) is 0 Å². The fourth-order valence-corrected chi connectivity index (χ4v) is 3.24. The lowest BCUT2D eigenvalue weighted by Crippen LogP contribution is -2.39. The molecule has 0 spiro atoms. The smallest absolute Gasteiger partial charge is 0.165 e. The third-order valence-corrected chi connectivity index (χ3v) is 4.50. The van der Waals surface area contributed by atoms with Crippen LogP contribution in [-0.4, -0.2) is 36.2 Å². The first-order valence-corrected chi connectivity index (χ1v) is 8.73. The molecule has 1 atom stereocenters. The minimum Gasteiger partial charge on any atom is -0.494 e. The maximum absolute atomic E-state index is 13.8. The highest BCUT2D eigenvalue weighted by molar-refractivity contribution is 5.29. The van der Waals surface area contributed by atoms with E-state index in [1.165, 1.54) is 7.11 Å². The van der Waals surface area contributed by atoms with E-state index >= 15 is 0 Å². The van der Waals surface area contributed by atoms with Crippen molar-refractivity contribution in [3.05, 3.63) is 59.2 Å². The van der Waals surface area contributed by atoms with Crippen molar-refractivity contribution in [2.75, 3.05) is 20.2 Å². The Morgan fingerprint density at radius 2 is 2.16 bits per heavy atom. The lowest BCUT2D eigenvalue weighted by atomic mass is 10.1. The van der Waals surface area contributed by atoms with Gasteiger partial charge in [-0.05, 0) is 56.1 Å². The van der Waals surface area contributed by atoms with E-state index in [1.807, 2.05) is 31.2 Å². The van der Waals surface area contributed by atoms with Gasteiger partial charge in [-0.3, -0.25) is 9.88 Å². The van der Waals surface area contributed by atoms with Crippen LogP contribution in [0.25, 0.3) is 0 Å². The van der Waals surface area contributed by atoms with E-state index in [-0.39, 0.29) is 17.7 Å². The summed E-state index contributed by atoms with van der Waals surface area (Å²) < 4.78 is 24.9. The molecule has 0 radical (unpaired) electrons. The van der Waals surface area contributed by atoms with Gasteiger partial charge in [0.2, 0.25) is 0 Å². The minimum atomic E-state index is -0.310. The number of aromatic nitrogens is 1. The molecule has 1 aromatic heterocycles. The number of nitrogens with zero attached hydrogens (tertiary/aromatic N) is 2. The summed E-state index contributed by atoms with van der Waals surface area (Å²) in [4.78, 5) is 6.80. The summed E-state index contributed by atoms with van der Waals surface area (Å²) in [7, 11) is 1.48. The van der Waals surface area contributed by atoms with Crippen molar-refractivity contribution in [1.82, 2.24) is 9.88 Å². The summed E-state index contributed by atoms with van der Waals surface area (Å²) in [5, 5.41) is 0. The summed E-state index contributed by atoms with van der Waals surface area (Å²) in [6.45, 7) is 5.12. The fraction of sp³-hybridized carbons (Fsp3) is 0.450. The van der Waals surface area contributed by atoms with Crippen molar-refractivity contribution >= 4 is 0 Å². The summed E-state index contributed by atoms with van der Waals surface area (Å²) in [5.41, 5.74) is 2.93. The van der Waals surface area contributed by atoms with Crippen LogP contribution in [0.4, 0.5) is 4.39 Å². The van der Waals surface area contributed by atoms with Crippen molar-refractivity contribution in [3.63, 3.8) is 0 Å². The normalized spacial score (nSPS) is 18.3. The number of methoxy groups -OCH3 is 1. The second kappa shape index (κ2) is 8.41. The Morgan fingerprint density at radius 1 is 1.28 bits per heavy atom. The van der Waals surface area contributed by atoms with Crippen LogP contribution in [0.2, 0.25) is 0 Å². The van der Waals surface area contributed by atoms with E-state index in [2.05, 4.69) is 9.88 Å². The van der Waals surface area contributed by atoms with Gasteiger partial charge < -0.3 is 9.47 Å². The number of piperidine rings is 1. The van der Waals surface area contributed by atoms with Gasteiger partial charge >= 0.3 is 0 Å². The molecule has 1 aliphatic heterocycles. The first kappa shape index (κ1) is 17.8. The Hall–Kier alpha value is -1.98. The summed E-state index contributed by atoms with van der Waals surface area (Å²) in [5.74, 6) is -0.0235. The highest BCUT2D eigenvalue weighted by Crippen LogP contribution is 2.21. The molecule has 2 heterocycles. The van der Waals surface area contributed by atoms with E-state index in [1.54, 1.807) is 12.1 Å². The van der Waals surface area contributed by atoms with Crippen molar-refractivity contribution < 1.29 is 13.9 Å². The number of hydrogen-bond donors (Lipinski definition) is 0. The maximum atomic E-state index is 13.8. The number of pyridine rings is 1. The SMILES string of the molecule is COc1ccc(CN2CCC[C@H](OCc3cccc(C)n3)C2)cc1F. The lowest BCUT2D eigenvalue weighted by molar-refractivity contribution is -0.0133. The number of hydrogen-bond acceptors (Lipinski definition) is 4. The molecule has 134 valence electrons. The van der Waals surface area contributed by atoms with Crippen molar-refractivity contribution in [2.45, 2.75) is 39.0 Å². The maximum Gasteiger partial charge on any atom is 0.165 e. The van der Waals surface area contributed by atoms with Gasteiger partial charge in [0, 0.05) is 18.8 Å². The number of halogens is 1. The van der Waals surface area contributed by atoms with Crippen LogP contribution in [0.3, 0.4) is 0 Å². The van der Waals surface area contributed by atoms with E-state index in [0.29, 0.717) is 6.61 Å². The van der Waals surface area contributed by atoms with Gasteiger partial charge in [-0.1, -0.05) is 12.1 Å². The van der Waals surface area contributed by atoms with E-state index in [0.717, 1.165) is 49.4 Å². The van der Waals surface area contributed by atoms with Crippen LogP contribution < -0.4 is 4.74 Å². The molecule has 25 heavy (non-hydrogen) atoms. The number of likely N-dealkylation sites (tertiary alicyclic amines) is 1. The molecule has 0 N–H and O–H groups in total. The molecule has 4 nitrogen and oxygen atoms in total. The zero-order valence-electron chi connectivity index (χ0n) is 14.9. The monoisotopic (exact) mass is 344 g/mol. The number of ether oxygens (including phenoxy) is 2. The second-order valence-electron chi connectivity index (χ2n) is 6.55. The van der Waals surface area contributed by atoms with Crippen molar-refractivity contribution in [2.24, 2.45) is 0 Å². The third-order valence-electron chi connectivity index (χ3n) is 4.50. The molecule has 0 aliphatic carbocycles. The standard InChI is InChI=1S/C20H25FN2O2/c1-15-5-3-6-17(22-15)14-25-18-7-4-10-23(13-18)12-16-8-9-20(24-2)19(21)11-16/h3,5-6,8-9,11,18H,4,7,10,12-14H2,1-2H3/t18-/m0/s1. The second-order valence-corrected chi connectivity index (χ2v) is 6.55. The molecular weight excluding hydrogens is 319 g/mol. The minimum absolute atomic E-state index is 0.194. The van der Waals surface area contributed by atoms with Gasteiger partial charge in [0.1, 0.15) is 0 Å². The Morgan fingerprint density at radius 3 is 2.92 bits per heavy atom. The molecule has 1 fully saturated rings. The van der Waals surface area contributed by atoms with Gasteiger partial charge in [0.15, 0.2) is 11.6 Å². The van der Waals surface area contributed by atoms with Crippen molar-refractivity contribution in [1.29, 1.82) is 0 Å². The lowest BCUT2D eigenvalue weighted by Gasteiger charge is -2.32. The first-order valence-electron chi connectivity index (χ1n) is 8.73. The zero-order valence-corrected chi connectivity index (χ0v) is 14.9. The quantitative estimate of drug-likeness (QED) is 0.800. The number of aryl methyl sites for hydroxylation is 1. The Bertz CT molecular complexity index is 708.